The van der Waals surface area contributed by atoms with Crippen molar-refractivity contribution in [3.63, 3.8) is 0 Å². The van der Waals surface area contributed by atoms with E-state index in [0.717, 1.165) is 25.7 Å². The van der Waals surface area contributed by atoms with Crippen LogP contribution in [0.5, 0.6) is 0 Å². The van der Waals surface area contributed by atoms with Crippen molar-refractivity contribution < 1.29 is 28.6 Å². The minimum absolute atomic E-state index is 0.0582. The Morgan fingerprint density at radius 1 is 0.962 bits per heavy atom. The second-order valence-electron chi connectivity index (χ2n) is 8.15. The molecule has 2 bridgehead atoms. The van der Waals surface area contributed by atoms with Gasteiger partial charge < -0.3 is 19.5 Å². The van der Waals surface area contributed by atoms with Crippen molar-refractivity contribution in [2.75, 3.05) is 19.8 Å². The normalized spacial score (nSPS) is 27.1. The average molecular weight is 369 g/mol. The summed E-state index contributed by atoms with van der Waals surface area (Å²) >= 11 is 0. The van der Waals surface area contributed by atoms with Gasteiger partial charge in [-0.3, -0.25) is 9.59 Å². The Bertz CT molecular complexity index is 527. The number of alkyl carbamates (subject to hydrolysis) is 1. The van der Waals surface area contributed by atoms with Gasteiger partial charge in [0.05, 0.1) is 25.0 Å². The van der Waals surface area contributed by atoms with Gasteiger partial charge in [0.15, 0.2) is 0 Å². The third kappa shape index (κ3) is 5.35. The van der Waals surface area contributed by atoms with E-state index < -0.39 is 17.6 Å². The first-order valence-electron chi connectivity index (χ1n) is 9.53. The first-order valence-corrected chi connectivity index (χ1v) is 9.53. The maximum atomic E-state index is 12.5. The zero-order valence-electron chi connectivity index (χ0n) is 16.2. The number of hydrogen-bond acceptors (Lipinski definition) is 6. The molecular weight excluding hydrogens is 338 g/mol. The molecule has 0 spiro atoms. The molecule has 0 aromatic heterocycles. The fraction of sp³-hybridized carbons (Fsp3) is 0.842. The van der Waals surface area contributed by atoms with E-state index >= 15 is 0 Å². The molecule has 148 valence electrons. The van der Waals surface area contributed by atoms with E-state index in [4.69, 9.17) is 14.2 Å². The summed E-state index contributed by atoms with van der Waals surface area (Å²) in [7, 11) is 0. The Kier molecular flexibility index (Phi) is 6.89. The van der Waals surface area contributed by atoms with Crippen molar-refractivity contribution in [2.24, 2.45) is 23.7 Å². The number of rotatable bonds is 7. The summed E-state index contributed by atoms with van der Waals surface area (Å²) in [6.07, 6.45) is 3.04. The van der Waals surface area contributed by atoms with Crippen molar-refractivity contribution in [1.82, 2.24) is 5.32 Å². The van der Waals surface area contributed by atoms with Crippen molar-refractivity contribution in [1.29, 1.82) is 0 Å². The Morgan fingerprint density at radius 3 is 2.00 bits per heavy atom. The second kappa shape index (κ2) is 8.73. The first-order chi connectivity index (χ1) is 12.2. The molecule has 7 nitrogen and oxygen atoms in total. The van der Waals surface area contributed by atoms with Gasteiger partial charge >= 0.3 is 18.0 Å². The monoisotopic (exact) mass is 369 g/mol. The van der Waals surface area contributed by atoms with Gasteiger partial charge in [-0.2, -0.15) is 0 Å². The lowest BCUT2D eigenvalue weighted by Crippen LogP contribution is -2.38. The van der Waals surface area contributed by atoms with E-state index in [2.05, 4.69) is 5.32 Å². The summed E-state index contributed by atoms with van der Waals surface area (Å²) in [5, 5.41) is 2.55. The minimum Gasteiger partial charge on any atom is -0.465 e. The van der Waals surface area contributed by atoms with Gasteiger partial charge in [-0.15, -0.1) is 0 Å². The molecule has 2 aliphatic carbocycles. The third-order valence-electron chi connectivity index (χ3n) is 4.92. The van der Waals surface area contributed by atoms with Crippen molar-refractivity contribution in [3.8, 4) is 0 Å². The molecule has 1 N–H and O–H groups in total. The summed E-state index contributed by atoms with van der Waals surface area (Å²) in [6.45, 7) is 7.89. The number of carbonyl (C=O) groups excluding carboxylic acids is 3. The van der Waals surface area contributed by atoms with Gasteiger partial charge in [0.1, 0.15) is 12.2 Å². The third-order valence-corrected chi connectivity index (χ3v) is 4.92. The number of esters is 2. The van der Waals surface area contributed by atoms with Crippen LogP contribution in [-0.4, -0.2) is 43.4 Å². The molecule has 2 rings (SSSR count). The molecule has 4 atom stereocenters. The van der Waals surface area contributed by atoms with Crippen LogP contribution in [-0.2, 0) is 23.8 Å². The highest BCUT2D eigenvalue weighted by Gasteiger charge is 2.55. The molecule has 0 heterocycles. The molecular formula is C19H31NO6. The first kappa shape index (κ1) is 20.5. The number of carbonyl (C=O) groups is 3. The van der Waals surface area contributed by atoms with E-state index in [-0.39, 0.29) is 42.8 Å². The molecule has 1 amide bonds. The Balaban J connectivity index is 1.80. The summed E-state index contributed by atoms with van der Waals surface area (Å²) in [4.78, 5) is 36.5. The number of amides is 1. The summed E-state index contributed by atoms with van der Waals surface area (Å²) in [6, 6.07) is 0. The largest absolute Gasteiger partial charge is 0.465 e. The van der Waals surface area contributed by atoms with E-state index in [0.29, 0.717) is 6.61 Å². The van der Waals surface area contributed by atoms with E-state index in [1.807, 2.05) is 6.92 Å². The quantitative estimate of drug-likeness (QED) is 0.421. The summed E-state index contributed by atoms with van der Waals surface area (Å²) < 4.78 is 15.7. The maximum absolute atomic E-state index is 12.5. The molecule has 4 unspecified atom stereocenters. The molecule has 0 saturated heterocycles. The zero-order chi connectivity index (χ0) is 19.3. The fourth-order valence-electron chi connectivity index (χ4n) is 3.98. The van der Waals surface area contributed by atoms with Gasteiger partial charge in [-0.25, -0.2) is 4.79 Å². The van der Waals surface area contributed by atoms with Gasteiger partial charge in [-0.1, -0.05) is 6.92 Å². The Hall–Kier alpha value is -1.79. The predicted octanol–water partition coefficient (Wildman–Crippen LogP) is 2.67. The molecule has 0 radical (unpaired) electrons. The molecule has 26 heavy (non-hydrogen) atoms. The summed E-state index contributed by atoms with van der Waals surface area (Å²) in [5.41, 5.74) is -0.573. The van der Waals surface area contributed by atoms with E-state index in [9.17, 15) is 14.4 Å². The lowest BCUT2D eigenvalue weighted by Gasteiger charge is -2.27. The van der Waals surface area contributed by atoms with Crippen LogP contribution >= 0.6 is 0 Å². The minimum atomic E-state index is -0.573. The lowest BCUT2D eigenvalue weighted by atomic mass is 9.79. The van der Waals surface area contributed by atoms with Gasteiger partial charge in [-0.05, 0) is 58.3 Å². The van der Waals surface area contributed by atoms with Crippen LogP contribution < -0.4 is 5.32 Å². The molecule has 2 saturated carbocycles. The van der Waals surface area contributed by atoms with E-state index in [1.54, 1.807) is 20.8 Å². The van der Waals surface area contributed by atoms with Crippen LogP contribution in [0.25, 0.3) is 0 Å². The van der Waals surface area contributed by atoms with Crippen LogP contribution in [0.2, 0.25) is 0 Å². The van der Waals surface area contributed by atoms with Crippen LogP contribution in [0.4, 0.5) is 4.79 Å². The number of nitrogens with one attached hydrogen (secondary N) is 1. The molecule has 0 aliphatic heterocycles. The van der Waals surface area contributed by atoms with E-state index in [1.165, 1.54) is 0 Å². The van der Waals surface area contributed by atoms with Crippen molar-refractivity contribution >= 4 is 18.0 Å². The van der Waals surface area contributed by atoms with Gasteiger partial charge in [0.2, 0.25) is 0 Å². The highest BCUT2D eigenvalue weighted by Crippen LogP contribution is 2.53. The van der Waals surface area contributed by atoms with Gasteiger partial charge in [0, 0.05) is 0 Å². The molecule has 0 aromatic carbocycles. The SMILES string of the molecule is CCCOC(=O)C1C2CCC(C2)C1C(=O)OCCNC(=O)OC(C)(C)C. The standard InChI is InChI=1S/C19H31NO6/c1-5-9-24-16(21)14-12-6-7-13(11-12)15(14)17(22)25-10-8-20-18(23)26-19(2,3)4/h12-15H,5-11H2,1-4H3,(H,20,23). The van der Waals surface area contributed by atoms with Crippen LogP contribution in [0.1, 0.15) is 53.4 Å². The number of ether oxygens (including phenoxy) is 3. The zero-order valence-corrected chi connectivity index (χ0v) is 16.2. The van der Waals surface area contributed by atoms with Crippen LogP contribution in [0.3, 0.4) is 0 Å². The van der Waals surface area contributed by atoms with Crippen LogP contribution in [0.15, 0.2) is 0 Å². The molecule has 2 aliphatic rings. The van der Waals surface area contributed by atoms with Crippen molar-refractivity contribution in [3.05, 3.63) is 0 Å². The number of hydrogen-bond donors (Lipinski definition) is 1. The molecule has 7 heteroatoms. The maximum Gasteiger partial charge on any atom is 0.407 e. The highest BCUT2D eigenvalue weighted by molar-refractivity contribution is 5.83. The Labute approximate surface area is 155 Å². The summed E-state index contributed by atoms with van der Waals surface area (Å²) in [5.74, 6) is -1.01. The molecule has 0 aromatic rings. The molecule has 2 fully saturated rings. The van der Waals surface area contributed by atoms with Gasteiger partial charge in [0.25, 0.3) is 0 Å². The highest BCUT2D eigenvalue weighted by atomic mass is 16.6. The smallest absolute Gasteiger partial charge is 0.407 e. The lowest BCUT2D eigenvalue weighted by molar-refractivity contribution is -0.163. The topological polar surface area (TPSA) is 90.9 Å². The van der Waals surface area contributed by atoms with Crippen molar-refractivity contribution in [2.45, 2.75) is 59.0 Å². The number of fused-ring (bicyclic) bond motifs is 2. The second-order valence-corrected chi connectivity index (χ2v) is 8.15. The Morgan fingerprint density at radius 2 is 1.50 bits per heavy atom. The fourth-order valence-corrected chi connectivity index (χ4v) is 3.98. The predicted molar refractivity (Wildman–Crippen MR) is 94.3 cm³/mol. The average Bonchev–Trinajstić information content (AvgIpc) is 3.15. The van der Waals surface area contributed by atoms with Crippen LogP contribution in [0, 0.1) is 23.7 Å².